The molecule has 1 aromatic heterocycles. The van der Waals surface area contributed by atoms with Gasteiger partial charge in [-0.05, 0) is 90.8 Å². The van der Waals surface area contributed by atoms with Crippen molar-refractivity contribution in [2.75, 3.05) is 0 Å². The molecule has 0 amide bonds. The summed E-state index contributed by atoms with van der Waals surface area (Å²) < 4.78 is 1.17. The van der Waals surface area contributed by atoms with Crippen LogP contribution in [0.2, 0.25) is 0 Å². The number of phenols is 1. The van der Waals surface area contributed by atoms with E-state index in [1.54, 1.807) is 23.5 Å². The number of hydrogen-bond donors (Lipinski definition) is 3. The number of carbonyl (C=O) groups is 1. The van der Waals surface area contributed by atoms with Crippen molar-refractivity contribution < 1.29 is 15.0 Å². The Morgan fingerprint density at radius 1 is 1.23 bits per heavy atom. The van der Waals surface area contributed by atoms with Gasteiger partial charge in [-0.15, -0.1) is 11.3 Å². The molecule has 5 heteroatoms. The number of carboxylic acids is 1. The Bertz CT molecular complexity index is 872. The third kappa shape index (κ3) is 5.44. The van der Waals surface area contributed by atoms with Crippen LogP contribution in [0.3, 0.4) is 0 Å². The standard InChI is InChI=1S/C16H26O2.C9H9NOS/c1-16(2)13-9-12(10-14(16)11-13)7-5-3-4-6-8-15(17)18;10-4-6-5-12-9-2-1-7(11)3-8(6)9/h3,5,12-14H,4,6-11H2,1-2H3,(H,17,18);1-3,5,11H,4,10H2/b5-3-;. The Kier molecular flexibility index (Phi) is 7.59. The molecule has 3 aliphatic carbocycles. The van der Waals surface area contributed by atoms with Crippen LogP contribution in [0.4, 0.5) is 0 Å². The molecule has 2 bridgehead atoms. The third-order valence-corrected chi connectivity index (χ3v) is 8.18. The number of unbranched alkanes of at least 4 members (excludes halogenated alkanes) is 1. The molecule has 4 nitrogen and oxygen atoms in total. The summed E-state index contributed by atoms with van der Waals surface area (Å²) >= 11 is 1.66. The van der Waals surface area contributed by atoms with E-state index in [-0.39, 0.29) is 0 Å². The Morgan fingerprint density at radius 3 is 2.60 bits per heavy atom. The van der Waals surface area contributed by atoms with Crippen molar-refractivity contribution in [2.45, 2.75) is 65.3 Å². The summed E-state index contributed by atoms with van der Waals surface area (Å²) in [6.45, 7) is 5.40. The van der Waals surface area contributed by atoms with Crippen molar-refractivity contribution in [3.05, 3.63) is 41.3 Å². The molecule has 0 saturated heterocycles. The Labute approximate surface area is 183 Å². The molecule has 2 aromatic rings. The molecule has 164 valence electrons. The van der Waals surface area contributed by atoms with Crippen LogP contribution < -0.4 is 5.73 Å². The summed E-state index contributed by atoms with van der Waals surface area (Å²) in [5.41, 5.74) is 7.25. The summed E-state index contributed by atoms with van der Waals surface area (Å²) in [6.07, 6.45) is 11.9. The molecule has 1 heterocycles. The molecule has 2 unspecified atom stereocenters. The van der Waals surface area contributed by atoms with Gasteiger partial charge in [-0.1, -0.05) is 26.0 Å². The minimum Gasteiger partial charge on any atom is -0.508 e. The monoisotopic (exact) mass is 429 g/mol. The molecule has 4 N–H and O–H groups in total. The number of thiophene rings is 1. The quantitative estimate of drug-likeness (QED) is 0.355. The molecule has 0 aliphatic heterocycles. The Morgan fingerprint density at radius 2 is 1.97 bits per heavy atom. The van der Waals surface area contributed by atoms with Gasteiger partial charge in [-0.2, -0.15) is 0 Å². The zero-order valence-electron chi connectivity index (χ0n) is 18.1. The van der Waals surface area contributed by atoms with Gasteiger partial charge in [-0.3, -0.25) is 4.79 Å². The van der Waals surface area contributed by atoms with Gasteiger partial charge in [0.1, 0.15) is 5.75 Å². The molecule has 2 atom stereocenters. The molecule has 0 spiro atoms. The lowest BCUT2D eigenvalue weighted by molar-refractivity contribution is -0.137. The van der Waals surface area contributed by atoms with E-state index in [1.165, 1.54) is 30.4 Å². The van der Waals surface area contributed by atoms with Gasteiger partial charge in [-0.25, -0.2) is 0 Å². The summed E-state index contributed by atoms with van der Waals surface area (Å²) in [7, 11) is 0. The van der Waals surface area contributed by atoms with Crippen molar-refractivity contribution in [2.24, 2.45) is 28.9 Å². The number of benzene rings is 1. The Balaban J connectivity index is 0.000000184. The average Bonchev–Trinajstić information content (AvgIpc) is 3.13. The maximum atomic E-state index is 10.4. The minimum absolute atomic E-state index is 0.298. The van der Waals surface area contributed by atoms with Gasteiger partial charge in [0.05, 0.1) is 0 Å². The van der Waals surface area contributed by atoms with Crippen LogP contribution in [0.1, 0.15) is 64.4 Å². The van der Waals surface area contributed by atoms with E-state index in [9.17, 15) is 9.90 Å². The van der Waals surface area contributed by atoms with Gasteiger partial charge in [0.25, 0.3) is 0 Å². The lowest BCUT2D eigenvalue weighted by atomic mass is 9.46. The lowest BCUT2D eigenvalue weighted by Crippen LogP contribution is -2.50. The second-order valence-corrected chi connectivity index (χ2v) is 10.3. The first-order valence-corrected chi connectivity index (χ1v) is 11.9. The lowest BCUT2D eigenvalue weighted by Gasteiger charge is -2.59. The minimum atomic E-state index is -0.682. The number of aliphatic carboxylic acids is 1. The number of hydrogen-bond acceptors (Lipinski definition) is 4. The van der Waals surface area contributed by atoms with Gasteiger partial charge in [0.15, 0.2) is 0 Å². The van der Waals surface area contributed by atoms with Crippen LogP contribution >= 0.6 is 11.3 Å². The molecule has 3 aliphatic rings. The topological polar surface area (TPSA) is 83.5 Å². The van der Waals surface area contributed by atoms with Crippen molar-refractivity contribution in [3.8, 4) is 5.75 Å². The summed E-state index contributed by atoms with van der Waals surface area (Å²) in [5.74, 6) is 2.43. The van der Waals surface area contributed by atoms with Crippen LogP contribution in [0.5, 0.6) is 5.75 Å². The summed E-state index contributed by atoms with van der Waals surface area (Å²) in [6, 6.07) is 5.36. The van der Waals surface area contributed by atoms with Gasteiger partial charge < -0.3 is 15.9 Å². The molecule has 3 fully saturated rings. The Hall–Kier alpha value is -1.85. The van der Waals surface area contributed by atoms with E-state index in [0.717, 1.165) is 41.5 Å². The van der Waals surface area contributed by atoms with Gasteiger partial charge >= 0.3 is 5.97 Å². The highest BCUT2D eigenvalue weighted by Gasteiger charge is 2.52. The van der Waals surface area contributed by atoms with E-state index < -0.39 is 5.97 Å². The first kappa shape index (κ1) is 22.8. The number of fused-ring (bicyclic) bond motifs is 3. The first-order chi connectivity index (χ1) is 14.3. The van der Waals surface area contributed by atoms with E-state index in [0.29, 0.717) is 24.1 Å². The van der Waals surface area contributed by atoms with E-state index in [2.05, 4.69) is 26.0 Å². The number of phenolic OH excluding ortho intramolecular Hbond substituents is 1. The number of allylic oxidation sites excluding steroid dienone is 2. The van der Waals surface area contributed by atoms with Crippen molar-refractivity contribution >= 4 is 27.4 Å². The molecule has 3 saturated carbocycles. The fourth-order valence-electron chi connectivity index (χ4n) is 5.02. The molecule has 5 rings (SSSR count). The second kappa shape index (κ2) is 9.97. The SMILES string of the molecule is CC1(C)C2CC(C/C=C\CCCC(=O)O)CC1C2.NCc1csc2ccc(O)cc12. The number of aromatic hydroxyl groups is 1. The maximum absolute atomic E-state index is 10.4. The van der Waals surface area contributed by atoms with E-state index in [4.69, 9.17) is 10.8 Å². The maximum Gasteiger partial charge on any atom is 0.303 e. The third-order valence-electron chi connectivity index (χ3n) is 7.16. The van der Waals surface area contributed by atoms with Crippen molar-refractivity contribution in [1.29, 1.82) is 0 Å². The van der Waals surface area contributed by atoms with Crippen LogP contribution in [0.15, 0.2) is 35.7 Å². The predicted molar refractivity (Wildman–Crippen MR) is 125 cm³/mol. The fraction of sp³-hybridized carbons (Fsp3) is 0.560. The average molecular weight is 430 g/mol. The highest BCUT2D eigenvalue weighted by molar-refractivity contribution is 7.17. The predicted octanol–water partition coefficient (Wildman–Crippen LogP) is 6.33. The zero-order chi connectivity index (χ0) is 21.7. The van der Waals surface area contributed by atoms with Crippen molar-refractivity contribution in [3.63, 3.8) is 0 Å². The summed E-state index contributed by atoms with van der Waals surface area (Å²) in [5, 5.41) is 20.9. The number of carboxylic acid groups (broad SMARTS) is 1. The highest BCUT2D eigenvalue weighted by atomic mass is 32.1. The van der Waals surface area contributed by atoms with Crippen LogP contribution in [0.25, 0.3) is 10.1 Å². The smallest absolute Gasteiger partial charge is 0.303 e. The van der Waals surface area contributed by atoms with E-state index >= 15 is 0 Å². The molecule has 0 radical (unpaired) electrons. The summed E-state index contributed by atoms with van der Waals surface area (Å²) in [4.78, 5) is 10.4. The van der Waals surface area contributed by atoms with Gasteiger partial charge in [0, 0.05) is 23.1 Å². The molecular weight excluding hydrogens is 394 g/mol. The van der Waals surface area contributed by atoms with Crippen molar-refractivity contribution in [1.82, 2.24) is 0 Å². The van der Waals surface area contributed by atoms with Crippen LogP contribution in [-0.2, 0) is 11.3 Å². The highest BCUT2D eigenvalue weighted by Crippen LogP contribution is 2.61. The number of rotatable bonds is 7. The second-order valence-electron chi connectivity index (χ2n) is 9.43. The molecule has 1 aromatic carbocycles. The number of nitrogens with two attached hydrogens (primary N) is 1. The van der Waals surface area contributed by atoms with Gasteiger partial charge in [0.2, 0.25) is 0 Å². The fourth-order valence-corrected chi connectivity index (χ4v) is 5.98. The van der Waals surface area contributed by atoms with E-state index in [1.807, 2.05) is 11.4 Å². The van der Waals surface area contributed by atoms with Crippen LogP contribution in [0, 0.1) is 23.2 Å². The molecule has 30 heavy (non-hydrogen) atoms. The van der Waals surface area contributed by atoms with Crippen LogP contribution in [-0.4, -0.2) is 16.2 Å². The molecular formula is C25H35NO3S. The normalized spacial score (nSPS) is 24.3. The zero-order valence-corrected chi connectivity index (χ0v) is 19.0. The largest absolute Gasteiger partial charge is 0.508 e. The first-order valence-electron chi connectivity index (χ1n) is 11.1.